The molecule has 0 aliphatic heterocycles. The van der Waals surface area contributed by atoms with Crippen LogP contribution in [0.25, 0.3) is 0 Å². The molecule has 3 nitrogen and oxygen atoms in total. The summed E-state index contributed by atoms with van der Waals surface area (Å²) in [5.74, 6) is 1.60. The lowest BCUT2D eigenvalue weighted by Crippen LogP contribution is -2.07. The molecule has 1 N–H and O–H groups in total. The van der Waals surface area contributed by atoms with Crippen molar-refractivity contribution in [3.05, 3.63) is 16.5 Å². The van der Waals surface area contributed by atoms with Gasteiger partial charge in [0.15, 0.2) is 0 Å². The summed E-state index contributed by atoms with van der Waals surface area (Å²) in [5, 5.41) is 3.92. The lowest BCUT2D eigenvalue weighted by molar-refractivity contribution is 0.581. The normalized spacial score (nSPS) is 10.8. The minimum atomic E-state index is 0.552. The van der Waals surface area contributed by atoms with E-state index in [9.17, 15) is 0 Å². The molecule has 0 fully saturated rings. The van der Waals surface area contributed by atoms with Crippen LogP contribution in [0, 0.1) is 13.8 Å². The first-order valence-corrected chi connectivity index (χ1v) is 8.27. The third kappa shape index (κ3) is 6.56. The Labute approximate surface area is 128 Å². The number of anilines is 1. The van der Waals surface area contributed by atoms with E-state index >= 15 is 0 Å². The Kier molecular flexibility index (Phi) is 8.59. The van der Waals surface area contributed by atoms with Gasteiger partial charge in [-0.05, 0) is 20.3 Å². The summed E-state index contributed by atoms with van der Waals surface area (Å²) in [5.41, 5.74) is 0.942. The fraction of sp³-hybridized carbons (Fsp3) is 0.750. The zero-order chi connectivity index (χ0) is 14.8. The first-order chi connectivity index (χ1) is 9.65. The van der Waals surface area contributed by atoms with Crippen LogP contribution in [0.5, 0.6) is 0 Å². The van der Waals surface area contributed by atoms with E-state index in [4.69, 9.17) is 11.6 Å². The third-order valence-corrected chi connectivity index (χ3v) is 3.89. The predicted octanol–water partition coefficient (Wildman–Crippen LogP) is 5.30. The molecular weight excluding hydrogens is 270 g/mol. The number of hydrogen-bond acceptors (Lipinski definition) is 3. The zero-order valence-electron chi connectivity index (χ0n) is 13.1. The lowest BCUT2D eigenvalue weighted by atomic mass is 10.1. The number of halogens is 1. The summed E-state index contributed by atoms with van der Waals surface area (Å²) in [6.45, 7) is 7.04. The summed E-state index contributed by atoms with van der Waals surface area (Å²) in [6, 6.07) is 0. The van der Waals surface area contributed by atoms with Crippen molar-refractivity contribution >= 4 is 17.4 Å². The number of unbranched alkanes of at least 4 members (excludes halogenated alkanes) is 7. The van der Waals surface area contributed by atoms with Gasteiger partial charge in [-0.1, -0.05) is 63.5 Å². The van der Waals surface area contributed by atoms with E-state index in [2.05, 4.69) is 22.2 Å². The summed E-state index contributed by atoms with van der Waals surface area (Å²) in [4.78, 5) is 8.54. The minimum Gasteiger partial charge on any atom is -0.370 e. The molecule has 1 aromatic rings. The number of aromatic nitrogens is 2. The van der Waals surface area contributed by atoms with Gasteiger partial charge >= 0.3 is 0 Å². The monoisotopic (exact) mass is 297 g/mol. The van der Waals surface area contributed by atoms with Gasteiger partial charge in [-0.15, -0.1) is 0 Å². The van der Waals surface area contributed by atoms with Gasteiger partial charge in [0.25, 0.3) is 0 Å². The fourth-order valence-corrected chi connectivity index (χ4v) is 2.44. The van der Waals surface area contributed by atoms with Crippen LogP contribution in [-0.2, 0) is 0 Å². The third-order valence-electron chi connectivity index (χ3n) is 3.52. The van der Waals surface area contributed by atoms with Gasteiger partial charge in [0.05, 0.1) is 0 Å². The molecule has 0 unspecified atom stereocenters. The van der Waals surface area contributed by atoms with Crippen molar-refractivity contribution in [2.45, 2.75) is 72.1 Å². The van der Waals surface area contributed by atoms with Crippen LogP contribution in [0.4, 0.5) is 5.82 Å². The van der Waals surface area contributed by atoms with Crippen LogP contribution >= 0.6 is 11.6 Å². The lowest BCUT2D eigenvalue weighted by Gasteiger charge is -2.10. The van der Waals surface area contributed by atoms with E-state index in [0.717, 1.165) is 23.8 Å². The minimum absolute atomic E-state index is 0.552. The van der Waals surface area contributed by atoms with E-state index in [-0.39, 0.29) is 0 Å². The Balaban J connectivity index is 2.13. The molecule has 0 spiro atoms. The van der Waals surface area contributed by atoms with Crippen molar-refractivity contribution < 1.29 is 0 Å². The fourth-order valence-electron chi connectivity index (χ4n) is 2.23. The molecule has 0 amide bonds. The highest BCUT2D eigenvalue weighted by atomic mass is 35.5. The molecule has 1 aromatic heterocycles. The van der Waals surface area contributed by atoms with Gasteiger partial charge in [-0.3, -0.25) is 0 Å². The van der Waals surface area contributed by atoms with Crippen molar-refractivity contribution in [1.29, 1.82) is 0 Å². The largest absolute Gasteiger partial charge is 0.370 e. The van der Waals surface area contributed by atoms with Crippen molar-refractivity contribution in [3.63, 3.8) is 0 Å². The van der Waals surface area contributed by atoms with Crippen LogP contribution in [0.15, 0.2) is 0 Å². The van der Waals surface area contributed by atoms with Gasteiger partial charge in [-0.2, -0.15) is 0 Å². The highest BCUT2D eigenvalue weighted by Gasteiger charge is 2.06. The smallest absolute Gasteiger partial charge is 0.137 e. The predicted molar refractivity (Wildman–Crippen MR) is 87.6 cm³/mol. The molecule has 0 radical (unpaired) electrons. The zero-order valence-corrected chi connectivity index (χ0v) is 13.9. The van der Waals surface area contributed by atoms with Crippen LogP contribution < -0.4 is 5.32 Å². The summed E-state index contributed by atoms with van der Waals surface area (Å²) >= 11 is 6.05. The average molecular weight is 298 g/mol. The van der Waals surface area contributed by atoms with Crippen molar-refractivity contribution in [3.8, 4) is 0 Å². The topological polar surface area (TPSA) is 37.8 Å². The Morgan fingerprint density at radius 3 is 2.15 bits per heavy atom. The molecule has 114 valence electrons. The maximum absolute atomic E-state index is 6.05. The Morgan fingerprint density at radius 2 is 1.50 bits per heavy atom. The number of rotatable bonds is 10. The van der Waals surface area contributed by atoms with Crippen LogP contribution in [0.3, 0.4) is 0 Å². The van der Waals surface area contributed by atoms with Crippen LogP contribution in [-0.4, -0.2) is 16.5 Å². The molecule has 0 aromatic carbocycles. The van der Waals surface area contributed by atoms with Gasteiger partial charge < -0.3 is 5.32 Å². The maximum Gasteiger partial charge on any atom is 0.137 e. The highest BCUT2D eigenvalue weighted by Crippen LogP contribution is 2.19. The molecule has 20 heavy (non-hydrogen) atoms. The Bertz CT molecular complexity index is 394. The second kappa shape index (κ2) is 9.98. The van der Waals surface area contributed by atoms with E-state index in [1.54, 1.807) is 0 Å². The first kappa shape index (κ1) is 17.2. The molecule has 0 aliphatic carbocycles. The molecule has 0 aliphatic rings. The van der Waals surface area contributed by atoms with Crippen molar-refractivity contribution in [2.24, 2.45) is 0 Å². The molecule has 0 saturated heterocycles. The molecular formula is C16H28ClN3. The first-order valence-electron chi connectivity index (χ1n) is 7.89. The van der Waals surface area contributed by atoms with Crippen LogP contribution in [0.2, 0.25) is 5.15 Å². The van der Waals surface area contributed by atoms with E-state index < -0.39 is 0 Å². The van der Waals surface area contributed by atoms with Crippen molar-refractivity contribution in [1.82, 2.24) is 9.97 Å². The standard InChI is InChI=1S/C16H28ClN3/c1-4-5-6-7-8-9-10-11-12-18-16-13(2)15(17)19-14(3)20-16/h4-12H2,1-3H3,(H,18,19,20). The molecule has 1 heterocycles. The Morgan fingerprint density at radius 1 is 0.900 bits per heavy atom. The van der Waals surface area contributed by atoms with E-state index in [1.807, 2.05) is 13.8 Å². The van der Waals surface area contributed by atoms with Gasteiger partial charge in [0, 0.05) is 12.1 Å². The summed E-state index contributed by atoms with van der Waals surface area (Å²) in [6.07, 6.45) is 10.7. The molecule has 0 saturated carbocycles. The van der Waals surface area contributed by atoms with Gasteiger partial charge in [-0.25, -0.2) is 9.97 Å². The molecule has 0 bridgehead atoms. The number of hydrogen-bond donors (Lipinski definition) is 1. The second-order valence-electron chi connectivity index (χ2n) is 5.44. The number of aryl methyl sites for hydroxylation is 1. The maximum atomic E-state index is 6.05. The molecule has 4 heteroatoms. The average Bonchev–Trinajstić information content (AvgIpc) is 2.42. The highest BCUT2D eigenvalue weighted by molar-refractivity contribution is 6.30. The quantitative estimate of drug-likeness (QED) is 0.470. The van der Waals surface area contributed by atoms with Gasteiger partial charge in [0.2, 0.25) is 0 Å². The molecule has 1 rings (SSSR count). The summed E-state index contributed by atoms with van der Waals surface area (Å²) < 4.78 is 0. The summed E-state index contributed by atoms with van der Waals surface area (Å²) in [7, 11) is 0. The SMILES string of the molecule is CCCCCCCCCCNc1nc(C)nc(Cl)c1C. The van der Waals surface area contributed by atoms with Crippen LogP contribution in [0.1, 0.15) is 69.7 Å². The number of nitrogens with zero attached hydrogens (tertiary/aromatic N) is 2. The Hall–Kier alpha value is -0.830. The van der Waals surface area contributed by atoms with E-state index in [0.29, 0.717) is 5.15 Å². The second-order valence-corrected chi connectivity index (χ2v) is 5.79. The van der Waals surface area contributed by atoms with Gasteiger partial charge in [0.1, 0.15) is 16.8 Å². The molecule has 0 atom stereocenters. The van der Waals surface area contributed by atoms with E-state index in [1.165, 1.54) is 51.4 Å². The van der Waals surface area contributed by atoms with Crippen molar-refractivity contribution in [2.75, 3.05) is 11.9 Å². The number of nitrogens with one attached hydrogen (secondary N) is 1.